The molecule has 0 spiro atoms. The van der Waals surface area contributed by atoms with Crippen molar-refractivity contribution in [2.24, 2.45) is 0 Å². The van der Waals surface area contributed by atoms with Gasteiger partial charge in [0.2, 0.25) is 0 Å². The maximum Gasteiger partial charge on any atom is 0.338 e. The van der Waals surface area contributed by atoms with E-state index in [2.05, 4.69) is 31.2 Å². The molecule has 6 nitrogen and oxygen atoms in total. The van der Waals surface area contributed by atoms with Crippen LogP contribution in [0.25, 0.3) is 0 Å². The van der Waals surface area contributed by atoms with Crippen molar-refractivity contribution >= 4 is 33.5 Å². The summed E-state index contributed by atoms with van der Waals surface area (Å²) >= 11 is 3.31. The molecule has 0 saturated carbocycles. The smallest absolute Gasteiger partial charge is 0.338 e. The Morgan fingerprint density at radius 3 is 2.76 bits per heavy atom. The molecular weight excluding hydrogens is 338 g/mol. The molecule has 1 heterocycles. The Morgan fingerprint density at radius 2 is 2.14 bits per heavy atom. The Labute approximate surface area is 129 Å². The molecule has 0 unspecified atom stereocenters. The number of rotatable bonds is 4. The Balaban J connectivity index is 2.15. The molecule has 0 radical (unpaired) electrons. The second-order valence-corrected chi connectivity index (χ2v) is 4.81. The molecule has 0 aliphatic heterocycles. The first-order valence-corrected chi connectivity index (χ1v) is 6.95. The number of hydrogen-bond acceptors (Lipinski definition) is 5. The fourth-order valence-electron chi connectivity index (χ4n) is 1.56. The molecule has 2 rings (SSSR count). The minimum Gasteiger partial charge on any atom is -0.462 e. The quantitative estimate of drug-likeness (QED) is 0.858. The van der Waals surface area contributed by atoms with Gasteiger partial charge in [-0.1, -0.05) is 0 Å². The molecule has 0 atom stereocenters. The summed E-state index contributed by atoms with van der Waals surface area (Å²) in [7, 11) is 0. The average molecular weight is 350 g/mol. The number of hydrogen-bond donors (Lipinski definition) is 1. The molecule has 7 heteroatoms. The summed E-state index contributed by atoms with van der Waals surface area (Å²) in [4.78, 5) is 31.3. The van der Waals surface area contributed by atoms with Gasteiger partial charge in [-0.2, -0.15) is 0 Å². The summed E-state index contributed by atoms with van der Waals surface area (Å²) < 4.78 is 5.48. The minimum atomic E-state index is -0.412. The van der Waals surface area contributed by atoms with Gasteiger partial charge in [0, 0.05) is 16.9 Å². The van der Waals surface area contributed by atoms with Crippen molar-refractivity contribution in [1.29, 1.82) is 0 Å². The third-order valence-corrected chi connectivity index (χ3v) is 3.18. The molecule has 1 amide bonds. The van der Waals surface area contributed by atoms with Gasteiger partial charge >= 0.3 is 5.97 Å². The molecule has 1 aromatic heterocycles. The van der Waals surface area contributed by atoms with Crippen molar-refractivity contribution in [2.45, 2.75) is 6.92 Å². The Kier molecular flexibility index (Phi) is 4.99. The number of benzene rings is 1. The van der Waals surface area contributed by atoms with E-state index in [9.17, 15) is 9.59 Å². The van der Waals surface area contributed by atoms with Gasteiger partial charge in [-0.3, -0.25) is 9.78 Å². The van der Waals surface area contributed by atoms with Crippen molar-refractivity contribution in [2.75, 3.05) is 11.9 Å². The highest BCUT2D eigenvalue weighted by Gasteiger charge is 2.12. The van der Waals surface area contributed by atoms with Crippen LogP contribution in [0.4, 0.5) is 5.69 Å². The number of aromatic nitrogens is 2. The normalized spacial score (nSPS) is 10.0. The highest BCUT2D eigenvalue weighted by molar-refractivity contribution is 9.10. The second-order valence-electron chi connectivity index (χ2n) is 3.96. The first kappa shape index (κ1) is 15.1. The van der Waals surface area contributed by atoms with Crippen LogP contribution in [0.1, 0.15) is 27.8 Å². The van der Waals surface area contributed by atoms with E-state index in [4.69, 9.17) is 4.74 Å². The topological polar surface area (TPSA) is 81.2 Å². The molecule has 108 valence electrons. The molecule has 0 aliphatic rings. The summed E-state index contributed by atoms with van der Waals surface area (Å²) in [5, 5.41) is 2.68. The maximum atomic E-state index is 12.0. The summed E-state index contributed by atoms with van der Waals surface area (Å²) in [5.74, 6) is -0.794. The number of carbonyl (C=O) groups excluding carboxylic acids is 2. The number of carbonyl (C=O) groups is 2. The number of ether oxygens (including phenoxy) is 1. The van der Waals surface area contributed by atoms with E-state index in [-0.39, 0.29) is 11.6 Å². The molecule has 0 saturated heterocycles. The van der Waals surface area contributed by atoms with Gasteiger partial charge in [0.05, 0.1) is 24.1 Å². The van der Waals surface area contributed by atoms with Crippen LogP contribution in [0.5, 0.6) is 0 Å². The average Bonchev–Trinajstić information content (AvgIpc) is 2.50. The second kappa shape index (κ2) is 6.94. The third kappa shape index (κ3) is 3.85. The number of nitrogens with zero attached hydrogens (tertiary/aromatic N) is 2. The predicted octanol–water partition coefficient (Wildman–Crippen LogP) is 2.67. The summed E-state index contributed by atoms with van der Waals surface area (Å²) in [5.41, 5.74) is 1.14. The summed E-state index contributed by atoms with van der Waals surface area (Å²) in [6.07, 6.45) is 4.30. The number of anilines is 1. The van der Waals surface area contributed by atoms with Crippen molar-refractivity contribution in [1.82, 2.24) is 9.97 Å². The van der Waals surface area contributed by atoms with Gasteiger partial charge in [0.15, 0.2) is 0 Å². The molecule has 2 aromatic rings. The van der Waals surface area contributed by atoms with Crippen molar-refractivity contribution in [3.05, 3.63) is 52.5 Å². The molecule has 0 aliphatic carbocycles. The maximum absolute atomic E-state index is 12.0. The molecule has 0 fully saturated rings. The van der Waals surface area contributed by atoms with Gasteiger partial charge in [0.1, 0.15) is 5.69 Å². The van der Waals surface area contributed by atoms with Gasteiger partial charge in [-0.05, 0) is 41.1 Å². The SMILES string of the molecule is CCOC(=O)c1ccc(NC(=O)c2cnccn2)c(Br)c1. The molecule has 1 N–H and O–H groups in total. The number of halogens is 1. The van der Waals surface area contributed by atoms with Crippen LogP contribution >= 0.6 is 15.9 Å². The first-order valence-electron chi connectivity index (χ1n) is 6.16. The van der Waals surface area contributed by atoms with E-state index in [1.165, 1.54) is 18.6 Å². The predicted molar refractivity (Wildman–Crippen MR) is 80.1 cm³/mol. The standard InChI is InChI=1S/C14H12BrN3O3/c1-2-21-14(20)9-3-4-11(10(15)7-9)18-13(19)12-8-16-5-6-17-12/h3-8H,2H2,1H3,(H,18,19). The minimum absolute atomic E-state index is 0.207. The number of amides is 1. The van der Waals surface area contributed by atoms with E-state index in [0.717, 1.165) is 0 Å². The fourth-order valence-corrected chi connectivity index (χ4v) is 2.04. The van der Waals surface area contributed by atoms with Crippen molar-refractivity contribution in [3.63, 3.8) is 0 Å². The monoisotopic (exact) mass is 349 g/mol. The van der Waals surface area contributed by atoms with E-state index in [1.807, 2.05) is 0 Å². The Hall–Kier alpha value is -2.28. The molecule has 21 heavy (non-hydrogen) atoms. The zero-order chi connectivity index (χ0) is 15.2. The van der Waals surface area contributed by atoms with Crippen LogP contribution in [-0.2, 0) is 4.74 Å². The van der Waals surface area contributed by atoms with Crippen LogP contribution in [0.3, 0.4) is 0 Å². The van der Waals surface area contributed by atoms with Crippen LogP contribution in [0, 0.1) is 0 Å². The van der Waals surface area contributed by atoms with E-state index in [0.29, 0.717) is 22.3 Å². The van der Waals surface area contributed by atoms with Crippen LogP contribution in [0.15, 0.2) is 41.3 Å². The van der Waals surface area contributed by atoms with Gasteiger partial charge in [-0.25, -0.2) is 9.78 Å². The lowest BCUT2D eigenvalue weighted by Crippen LogP contribution is -2.14. The van der Waals surface area contributed by atoms with E-state index in [1.54, 1.807) is 25.1 Å². The first-order chi connectivity index (χ1) is 10.1. The van der Waals surface area contributed by atoms with Crippen LogP contribution < -0.4 is 5.32 Å². The largest absolute Gasteiger partial charge is 0.462 e. The highest BCUT2D eigenvalue weighted by atomic mass is 79.9. The lowest BCUT2D eigenvalue weighted by Gasteiger charge is -2.08. The lowest BCUT2D eigenvalue weighted by atomic mass is 10.2. The highest BCUT2D eigenvalue weighted by Crippen LogP contribution is 2.24. The number of nitrogens with one attached hydrogen (secondary N) is 1. The van der Waals surface area contributed by atoms with Gasteiger partial charge in [-0.15, -0.1) is 0 Å². The lowest BCUT2D eigenvalue weighted by molar-refractivity contribution is 0.0526. The third-order valence-electron chi connectivity index (χ3n) is 2.52. The molecular formula is C14H12BrN3O3. The van der Waals surface area contributed by atoms with E-state index < -0.39 is 5.97 Å². The van der Waals surface area contributed by atoms with Gasteiger partial charge in [0.25, 0.3) is 5.91 Å². The van der Waals surface area contributed by atoms with Crippen LogP contribution in [0.2, 0.25) is 0 Å². The molecule has 0 bridgehead atoms. The van der Waals surface area contributed by atoms with Gasteiger partial charge < -0.3 is 10.1 Å². The fraction of sp³-hybridized carbons (Fsp3) is 0.143. The zero-order valence-electron chi connectivity index (χ0n) is 11.2. The van der Waals surface area contributed by atoms with Crippen molar-refractivity contribution < 1.29 is 14.3 Å². The summed E-state index contributed by atoms with van der Waals surface area (Å²) in [6, 6.07) is 4.78. The zero-order valence-corrected chi connectivity index (χ0v) is 12.8. The van der Waals surface area contributed by atoms with Crippen LogP contribution in [-0.4, -0.2) is 28.5 Å². The Bertz CT molecular complexity index is 662. The number of esters is 1. The van der Waals surface area contributed by atoms with Crippen molar-refractivity contribution in [3.8, 4) is 0 Å². The Morgan fingerprint density at radius 1 is 1.33 bits per heavy atom. The summed E-state index contributed by atoms with van der Waals surface area (Å²) in [6.45, 7) is 2.05. The van der Waals surface area contributed by atoms with E-state index >= 15 is 0 Å². The molecule has 1 aromatic carbocycles.